The Labute approximate surface area is 182 Å². The molecule has 3 rings (SSSR count). The van der Waals surface area contributed by atoms with Gasteiger partial charge in [-0.1, -0.05) is 42.5 Å². The van der Waals surface area contributed by atoms with Gasteiger partial charge in [0.05, 0.1) is 31.6 Å². The molecule has 1 heterocycles. The Morgan fingerprint density at radius 2 is 1.68 bits per heavy atom. The van der Waals surface area contributed by atoms with Gasteiger partial charge in [-0.3, -0.25) is 4.57 Å². The molecule has 2 aromatic rings. The van der Waals surface area contributed by atoms with Gasteiger partial charge in [0.25, 0.3) is 0 Å². The summed E-state index contributed by atoms with van der Waals surface area (Å²) in [5.74, 6) is 0.0929. The van der Waals surface area contributed by atoms with Crippen LogP contribution in [-0.4, -0.2) is 20.3 Å². The second-order valence-electron chi connectivity index (χ2n) is 6.61. The molecular weight excluding hydrogens is 415 g/mol. The first-order chi connectivity index (χ1) is 15.0. The lowest BCUT2D eigenvalue weighted by atomic mass is 9.88. The molecule has 1 atom stereocenters. The molecular formula is C23H25N2O5P. The van der Waals surface area contributed by atoms with Crippen LogP contribution in [-0.2, 0) is 18.3 Å². The zero-order valence-corrected chi connectivity index (χ0v) is 18.6. The van der Waals surface area contributed by atoms with E-state index in [4.69, 9.17) is 24.3 Å². The Morgan fingerprint density at radius 3 is 2.19 bits per heavy atom. The lowest BCUT2D eigenvalue weighted by Gasteiger charge is -2.32. The minimum absolute atomic E-state index is 0.0505. The van der Waals surface area contributed by atoms with Crippen LogP contribution in [0.25, 0.3) is 5.76 Å². The molecule has 0 fully saturated rings. The molecule has 31 heavy (non-hydrogen) atoms. The van der Waals surface area contributed by atoms with Crippen molar-refractivity contribution >= 4 is 13.4 Å². The zero-order valence-electron chi connectivity index (χ0n) is 17.7. The van der Waals surface area contributed by atoms with Crippen LogP contribution in [0.4, 0.5) is 0 Å². The summed E-state index contributed by atoms with van der Waals surface area (Å²) in [5.41, 5.74) is 7.63. The van der Waals surface area contributed by atoms with Crippen LogP contribution in [0.5, 0.6) is 5.75 Å². The third kappa shape index (κ3) is 4.52. The van der Waals surface area contributed by atoms with Gasteiger partial charge in [-0.05, 0) is 31.5 Å². The first-order valence-corrected chi connectivity index (χ1v) is 11.4. The minimum atomic E-state index is -3.85. The lowest BCUT2D eigenvalue weighted by molar-refractivity contribution is 0.223. The largest absolute Gasteiger partial charge is 0.497 e. The third-order valence-electron chi connectivity index (χ3n) is 4.77. The molecule has 162 valence electrons. The number of nitrogens with two attached hydrogens (primary N) is 1. The van der Waals surface area contributed by atoms with E-state index >= 15 is 0 Å². The predicted octanol–water partition coefficient (Wildman–Crippen LogP) is 5.14. The Balaban J connectivity index is 2.34. The number of nitriles is 1. The highest BCUT2D eigenvalue weighted by Crippen LogP contribution is 2.65. The molecule has 8 heteroatoms. The van der Waals surface area contributed by atoms with Crippen LogP contribution in [0.3, 0.4) is 0 Å². The molecule has 1 aliphatic rings. The lowest BCUT2D eigenvalue weighted by Crippen LogP contribution is -2.22. The normalized spacial score (nSPS) is 16.6. The van der Waals surface area contributed by atoms with Crippen LogP contribution in [0.15, 0.2) is 71.4 Å². The van der Waals surface area contributed by atoms with E-state index in [0.29, 0.717) is 16.9 Å². The van der Waals surface area contributed by atoms with E-state index in [2.05, 4.69) is 6.07 Å². The number of rotatable bonds is 8. The zero-order chi connectivity index (χ0) is 22.4. The van der Waals surface area contributed by atoms with Gasteiger partial charge in [0.2, 0.25) is 5.88 Å². The Hall–Kier alpha value is -3.04. The van der Waals surface area contributed by atoms with Crippen molar-refractivity contribution in [2.24, 2.45) is 5.73 Å². The van der Waals surface area contributed by atoms with Crippen molar-refractivity contribution in [3.05, 3.63) is 82.5 Å². The molecule has 1 aliphatic heterocycles. The van der Waals surface area contributed by atoms with Gasteiger partial charge in [-0.15, -0.1) is 0 Å². The highest BCUT2D eigenvalue weighted by atomic mass is 31.2. The summed E-state index contributed by atoms with van der Waals surface area (Å²) in [7, 11) is -2.28. The molecule has 1 unspecified atom stereocenters. The van der Waals surface area contributed by atoms with Crippen molar-refractivity contribution in [2.45, 2.75) is 19.8 Å². The summed E-state index contributed by atoms with van der Waals surface area (Å²) in [6.45, 7) is 3.77. The molecule has 0 amide bonds. The molecule has 0 aromatic heterocycles. The Kier molecular flexibility index (Phi) is 7.19. The number of ether oxygens (including phenoxy) is 2. The van der Waals surface area contributed by atoms with Crippen molar-refractivity contribution in [2.75, 3.05) is 20.3 Å². The molecule has 0 bridgehead atoms. The van der Waals surface area contributed by atoms with Crippen LogP contribution in [0.1, 0.15) is 30.9 Å². The number of allylic oxidation sites excluding steroid dienone is 2. The summed E-state index contributed by atoms with van der Waals surface area (Å²) in [5, 5.41) is 10.2. The number of benzene rings is 2. The van der Waals surface area contributed by atoms with Crippen molar-refractivity contribution in [1.29, 1.82) is 5.26 Å². The van der Waals surface area contributed by atoms with E-state index in [1.165, 1.54) is 0 Å². The molecule has 0 aliphatic carbocycles. The number of hydrogen-bond donors (Lipinski definition) is 1. The van der Waals surface area contributed by atoms with E-state index in [0.717, 1.165) is 0 Å². The second kappa shape index (κ2) is 9.84. The number of hydrogen-bond acceptors (Lipinski definition) is 7. The first-order valence-electron chi connectivity index (χ1n) is 9.89. The van der Waals surface area contributed by atoms with Gasteiger partial charge in [0, 0.05) is 5.56 Å². The average molecular weight is 440 g/mol. The first kappa shape index (κ1) is 22.6. The van der Waals surface area contributed by atoms with E-state index in [-0.39, 0.29) is 35.7 Å². The van der Waals surface area contributed by atoms with E-state index < -0.39 is 13.5 Å². The van der Waals surface area contributed by atoms with E-state index in [9.17, 15) is 9.83 Å². The van der Waals surface area contributed by atoms with E-state index in [1.807, 2.05) is 30.3 Å². The van der Waals surface area contributed by atoms with Crippen LogP contribution in [0, 0.1) is 11.3 Å². The molecule has 0 saturated carbocycles. The smallest absolute Gasteiger partial charge is 0.362 e. The fraction of sp³-hybridized carbons (Fsp3) is 0.261. The SMILES string of the molecule is CCOP(=O)(OCC)C1=C(c2ccccc2)OC(N)=C(C#N)C1c1ccc(OC)cc1. The fourth-order valence-corrected chi connectivity index (χ4v) is 5.51. The maximum absolute atomic E-state index is 14.0. The van der Waals surface area contributed by atoms with Gasteiger partial charge in [-0.2, -0.15) is 5.26 Å². The standard InChI is InChI=1S/C23H25N2O5P/c1-4-28-31(26,29-5-2)22-20(16-11-13-18(27-3)14-12-16)19(15-24)23(25)30-21(22)17-9-7-6-8-10-17/h6-14,20H,4-5,25H2,1-3H3. The van der Waals surface area contributed by atoms with E-state index in [1.54, 1.807) is 45.2 Å². The summed E-state index contributed by atoms with van der Waals surface area (Å²) >= 11 is 0. The highest BCUT2D eigenvalue weighted by molar-refractivity contribution is 7.58. The minimum Gasteiger partial charge on any atom is -0.497 e. The summed E-state index contributed by atoms with van der Waals surface area (Å²) < 4.78 is 36.5. The predicted molar refractivity (Wildman–Crippen MR) is 118 cm³/mol. The summed E-state index contributed by atoms with van der Waals surface area (Å²) in [6, 6.07) is 18.4. The second-order valence-corrected chi connectivity index (χ2v) is 8.60. The quantitative estimate of drug-likeness (QED) is 0.567. The fourth-order valence-electron chi connectivity index (χ4n) is 3.46. The van der Waals surface area contributed by atoms with Crippen molar-refractivity contribution in [3.63, 3.8) is 0 Å². The maximum atomic E-state index is 14.0. The van der Waals surface area contributed by atoms with Crippen molar-refractivity contribution < 1.29 is 23.1 Å². The number of methoxy groups -OCH3 is 1. The van der Waals surface area contributed by atoms with Gasteiger partial charge >= 0.3 is 7.60 Å². The van der Waals surface area contributed by atoms with Crippen LogP contribution in [0.2, 0.25) is 0 Å². The Morgan fingerprint density at radius 1 is 1.06 bits per heavy atom. The van der Waals surface area contributed by atoms with Crippen molar-refractivity contribution in [1.82, 2.24) is 0 Å². The third-order valence-corrected chi connectivity index (χ3v) is 7.02. The highest BCUT2D eigenvalue weighted by Gasteiger charge is 2.45. The molecule has 0 radical (unpaired) electrons. The molecule has 0 spiro atoms. The van der Waals surface area contributed by atoms with Crippen molar-refractivity contribution in [3.8, 4) is 11.8 Å². The maximum Gasteiger partial charge on any atom is 0.362 e. The van der Waals surface area contributed by atoms with Gasteiger partial charge in [0.1, 0.15) is 23.2 Å². The molecule has 0 saturated heterocycles. The van der Waals surface area contributed by atoms with Gasteiger partial charge in [0.15, 0.2) is 0 Å². The van der Waals surface area contributed by atoms with Gasteiger partial charge < -0.3 is 24.3 Å². The van der Waals surface area contributed by atoms with Crippen LogP contribution >= 0.6 is 7.60 Å². The Bertz CT molecular complexity index is 1060. The monoisotopic (exact) mass is 440 g/mol. The molecule has 7 nitrogen and oxygen atoms in total. The topological polar surface area (TPSA) is 104 Å². The summed E-state index contributed by atoms with van der Waals surface area (Å²) in [4.78, 5) is 0. The number of nitrogens with zero attached hydrogens (tertiary/aromatic N) is 1. The molecule has 2 aromatic carbocycles. The van der Waals surface area contributed by atoms with Gasteiger partial charge in [-0.25, -0.2) is 0 Å². The molecule has 2 N–H and O–H groups in total. The van der Waals surface area contributed by atoms with Crippen LogP contribution < -0.4 is 10.5 Å². The average Bonchev–Trinajstić information content (AvgIpc) is 2.79. The summed E-state index contributed by atoms with van der Waals surface area (Å²) in [6.07, 6.45) is 0.